The van der Waals surface area contributed by atoms with Gasteiger partial charge in [0.05, 0.1) is 30.5 Å². The monoisotopic (exact) mass is 930 g/mol. The van der Waals surface area contributed by atoms with Crippen LogP contribution >= 0.6 is 34.8 Å². The Hall–Kier alpha value is -1.17. The number of carbonyl (C=O) groups excluding carboxylic acids is 3. The van der Waals surface area contributed by atoms with E-state index >= 15 is 0 Å². The van der Waals surface area contributed by atoms with Crippen LogP contribution in [0.25, 0.3) is 5.82 Å². The van der Waals surface area contributed by atoms with Crippen molar-refractivity contribution in [1.82, 2.24) is 29.9 Å². The van der Waals surface area contributed by atoms with Gasteiger partial charge < -0.3 is 30.5 Å². The van der Waals surface area contributed by atoms with Crippen molar-refractivity contribution in [2.24, 2.45) is 10.8 Å². The van der Waals surface area contributed by atoms with Crippen molar-refractivity contribution in [2.75, 3.05) is 13.2 Å². The summed E-state index contributed by atoms with van der Waals surface area (Å²) in [5, 5.41) is 19.7. The number of hydrogen-bond donors (Lipinski definition) is 1. The van der Waals surface area contributed by atoms with E-state index in [4.69, 9.17) is 63.8 Å². The number of nitrogens with one attached hydrogen (secondary N) is 1. The fourth-order valence-corrected chi connectivity index (χ4v) is 5.16. The SMILES string of the molecule is CC(C)(C)OC(=O)c1ccc(Cl)nc1Cl.CC1(CCOc2ccn(-c3ccc(C(=O)OC(C)(C)C)c(Cl)n3)n2)CC1.CC1(CCOc2ccn[nH]2)CC1.O=CO[O-].[H-].[K+].[K+]. The summed E-state index contributed by atoms with van der Waals surface area (Å²) >= 11 is 17.5. The van der Waals surface area contributed by atoms with Gasteiger partial charge in [-0.25, -0.2) is 29.3 Å². The number of H-pyrrole nitrogens is 1. The second-order valence-corrected chi connectivity index (χ2v) is 17.1. The molecule has 15 nitrogen and oxygen atoms in total. The summed E-state index contributed by atoms with van der Waals surface area (Å²) in [4.78, 5) is 43.0. The van der Waals surface area contributed by atoms with Crippen LogP contribution in [0, 0.1) is 10.8 Å². The predicted molar refractivity (Wildman–Crippen MR) is 213 cm³/mol. The second kappa shape index (κ2) is 25.8. The molecule has 2 aliphatic carbocycles. The van der Waals surface area contributed by atoms with Crippen molar-refractivity contribution >= 4 is 53.2 Å². The van der Waals surface area contributed by atoms with Crippen LogP contribution in [0.1, 0.15) is 116 Å². The average molecular weight is 932 g/mol. The predicted octanol–water partition coefficient (Wildman–Crippen LogP) is 2.32. The smallest absolute Gasteiger partial charge is 1.00 e. The molecule has 0 bridgehead atoms. The molecular weight excluding hydrogens is 881 g/mol. The Bertz CT molecular complexity index is 1920. The number of hydrogen-bond acceptors (Lipinski definition) is 13. The van der Waals surface area contributed by atoms with Gasteiger partial charge in [-0.05, 0) is 115 Å². The molecule has 2 aliphatic rings. The molecule has 0 spiro atoms. The van der Waals surface area contributed by atoms with Gasteiger partial charge in [-0.3, -0.25) is 4.79 Å². The maximum atomic E-state index is 12.1. The van der Waals surface area contributed by atoms with Crippen molar-refractivity contribution in [3.63, 3.8) is 0 Å². The van der Waals surface area contributed by atoms with E-state index in [0.717, 1.165) is 25.3 Å². The molecule has 20 heteroatoms. The van der Waals surface area contributed by atoms with Crippen LogP contribution in [0.4, 0.5) is 0 Å². The molecule has 2 saturated carbocycles. The zero-order valence-electron chi connectivity index (χ0n) is 36.4. The number of ether oxygens (including phenoxy) is 4. The molecule has 4 aromatic rings. The number of halogens is 3. The first-order valence-electron chi connectivity index (χ1n) is 18.1. The fraction of sp³-hybridized carbons (Fsp3) is 0.513. The number of pyridine rings is 2. The quantitative estimate of drug-likeness (QED) is 0.0545. The number of nitrogens with zero attached hydrogens (tertiary/aromatic N) is 5. The van der Waals surface area contributed by atoms with E-state index < -0.39 is 23.1 Å². The van der Waals surface area contributed by atoms with Crippen LogP contribution in [0.2, 0.25) is 15.5 Å². The molecular formula is C39H51Cl3K2N6O9. The summed E-state index contributed by atoms with van der Waals surface area (Å²) in [7, 11) is 0. The van der Waals surface area contributed by atoms with E-state index in [1.807, 2.05) is 6.07 Å². The Morgan fingerprint density at radius 1 is 0.814 bits per heavy atom. The molecule has 0 amide bonds. The van der Waals surface area contributed by atoms with Crippen molar-refractivity contribution in [1.29, 1.82) is 0 Å². The van der Waals surface area contributed by atoms with Crippen LogP contribution in [-0.2, 0) is 19.2 Å². The maximum Gasteiger partial charge on any atom is 1.00 e. The summed E-state index contributed by atoms with van der Waals surface area (Å²) in [6.07, 6.45) is 10.9. The number of rotatable bonds is 12. The molecule has 1 N–H and O–H groups in total. The molecule has 4 aromatic heterocycles. The standard InChI is InChI=1S/C19H24ClN3O3.C10H11Cl2NO2.C9H14N2O.CH2O3.2K.H/c1-18(2,3)26-17(24)13-5-6-14(21-16(13)20)23-11-7-15(22-23)25-12-10-19(4)8-9-19;1-10(2,3)15-9(14)6-4-5-7(11)13-8(6)12;1-9(3-4-9)5-7-12-8-2-6-10-11-8;2-1-4-3;;;/h5-7,11H,8-10,12H2,1-4H3;4-5H,1-3H3;2,6H,3-5,7H2,1H3,(H,10,11);1,3H;;;/q;;;;2*+1;-1/p-1. The minimum Gasteiger partial charge on any atom is -1.00 e. The third-order valence-electron chi connectivity index (χ3n) is 8.33. The van der Waals surface area contributed by atoms with Crippen LogP contribution in [0.5, 0.6) is 11.8 Å². The number of aromatic nitrogens is 6. The van der Waals surface area contributed by atoms with Gasteiger partial charge in [-0.2, -0.15) is 5.10 Å². The van der Waals surface area contributed by atoms with Gasteiger partial charge in [-0.1, -0.05) is 48.7 Å². The molecule has 0 unspecified atom stereocenters. The van der Waals surface area contributed by atoms with Gasteiger partial charge >= 0.3 is 115 Å². The Balaban J connectivity index is 0.000000874. The second-order valence-electron chi connectivity index (χ2n) is 16.0. The molecule has 4 heterocycles. The van der Waals surface area contributed by atoms with Crippen LogP contribution in [-0.4, -0.2) is 72.8 Å². The Morgan fingerprint density at radius 3 is 1.73 bits per heavy atom. The molecule has 59 heavy (non-hydrogen) atoms. The summed E-state index contributed by atoms with van der Waals surface area (Å²) in [6, 6.07) is 9.88. The molecule has 0 aromatic carbocycles. The number of aromatic amines is 1. The molecule has 0 saturated heterocycles. The summed E-state index contributed by atoms with van der Waals surface area (Å²) in [6.45, 7) is 16.6. The Morgan fingerprint density at radius 2 is 1.31 bits per heavy atom. The third kappa shape index (κ3) is 22.1. The van der Waals surface area contributed by atoms with E-state index in [1.54, 1.807) is 76.8 Å². The molecule has 314 valence electrons. The van der Waals surface area contributed by atoms with Gasteiger partial charge in [0.1, 0.15) is 26.7 Å². The molecule has 0 radical (unpaired) electrons. The minimum atomic E-state index is -0.592. The average Bonchev–Trinajstić information content (AvgIpc) is 3.85. The van der Waals surface area contributed by atoms with Crippen LogP contribution in [0.15, 0.2) is 48.8 Å². The van der Waals surface area contributed by atoms with Gasteiger partial charge in [0.25, 0.3) is 6.47 Å². The van der Waals surface area contributed by atoms with Gasteiger partial charge in [0.2, 0.25) is 11.8 Å². The zero-order valence-corrected chi connectivity index (χ0v) is 43.9. The summed E-state index contributed by atoms with van der Waals surface area (Å²) in [5.74, 6) is 0.824. The molecule has 2 fully saturated rings. The van der Waals surface area contributed by atoms with Crippen LogP contribution in [0.3, 0.4) is 0 Å². The van der Waals surface area contributed by atoms with E-state index in [0.29, 0.717) is 29.1 Å². The van der Waals surface area contributed by atoms with Crippen molar-refractivity contribution in [2.45, 2.75) is 105 Å². The first kappa shape index (κ1) is 55.9. The van der Waals surface area contributed by atoms with Gasteiger partial charge in [-0.15, -0.1) is 5.10 Å². The normalized spacial score (nSPS) is 14.0. The van der Waals surface area contributed by atoms with E-state index in [2.05, 4.69) is 44.0 Å². The topological polar surface area (TPSA) is 193 Å². The van der Waals surface area contributed by atoms with Gasteiger partial charge in [0, 0.05) is 18.3 Å². The number of carbonyl (C=O) groups is 3. The Labute approximate surface area is 446 Å². The van der Waals surface area contributed by atoms with Crippen LogP contribution < -0.4 is 118 Å². The van der Waals surface area contributed by atoms with E-state index in [-0.39, 0.29) is 137 Å². The first-order chi connectivity index (χ1) is 26.6. The van der Waals surface area contributed by atoms with Crippen molar-refractivity contribution in [3.05, 3.63) is 75.4 Å². The van der Waals surface area contributed by atoms with Gasteiger partial charge in [0.15, 0.2) is 5.82 Å². The summed E-state index contributed by atoms with van der Waals surface area (Å²) in [5.41, 5.74) is 0.336. The maximum absolute atomic E-state index is 12.1. The van der Waals surface area contributed by atoms with Crippen molar-refractivity contribution in [3.8, 4) is 17.6 Å². The minimum absolute atomic E-state index is 0. The largest absolute Gasteiger partial charge is 1.00 e. The number of esters is 2. The van der Waals surface area contributed by atoms with Crippen molar-refractivity contribution < 1.29 is 148 Å². The first-order valence-corrected chi connectivity index (χ1v) is 19.3. The summed E-state index contributed by atoms with van der Waals surface area (Å²) < 4.78 is 23.2. The Kier molecular flexibility index (Phi) is 24.4. The fourth-order valence-electron chi connectivity index (χ4n) is 4.51. The van der Waals surface area contributed by atoms with E-state index in [1.165, 1.54) is 37.8 Å². The zero-order chi connectivity index (χ0) is 42.4. The molecule has 0 aliphatic heterocycles. The molecule has 0 atom stereocenters. The molecule has 6 rings (SSSR count). The third-order valence-corrected chi connectivity index (χ3v) is 9.11. The van der Waals surface area contributed by atoms with E-state index in [9.17, 15) is 9.59 Å².